The normalized spacial score (nSPS) is 18.6. The fraction of sp³-hybridized carbons (Fsp3) is 0.600. The Morgan fingerprint density at radius 3 is 2.56 bits per heavy atom. The minimum atomic E-state index is -0.0984. The Bertz CT molecular complexity index is 686. The van der Waals surface area contributed by atoms with Crippen molar-refractivity contribution in [3.63, 3.8) is 0 Å². The van der Waals surface area contributed by atoms with Crippen molar-refractivity contribution < 1.29 is 23.5 Å². The van der Waals surface area contributed by atoms with Crippen LogP contribution in [0.2, 0.25) is 0 Å². The van der Waals surface area contributed by atoms with Crippen molar-refractivity contribution >= 4 is 11.8 Å². The molecule has 0 saturated carbocycles. The Kier molecular flexibility index (Phi) is 6.21. The molecular weight excluding hydrogens is 346 g/mol. The molecule has 1 spiro atoms. The molecule has 1 N–H and O–H groups in total. The molecule has 3 rings (SSSR count). The third-order valence-electron chi connectivity index (χ3n) is 5.70. The van der Waals surface area contributed by atoms with E-state index in [4.69, 9.17) is 9.47 Å². The Balaban J connectivity index is 1.43. The highest BCUT2D eigenvalue weighted by Crippen LogP contribution is 2.27. The van der Waals surface area contributed by atoms with Crippen molar-refractivity contribution in [1.82, 2.24) is 10.2 Å². The number of nitrogens with zero attached hydrogens (tertiary/aromatic N) is 2. The Morgan fingerprint density at radius 2 is 1.89 bits per heavy atom. The first-order valence-electron chi connectivity index (χ1n) is 9.66. The van der Waals surface area contributed by atoms with Crippen LogP contribution in [0.15, 0.2) is 18.2 Å². The van der Waals surface area contributed by atoms with Crippen LogP contribution in [-0.4, -0.2) is 81.2 Å². The van der Waals surface area contributed by atoms with Crippen LogP contribution in [0.1, 0.15) is 18.4 Å². The quantitative estimate of drug-likeness (QED) is 0.716. The second kappa shape index (κ2) is 8.61. The van der Waals surface area contributed by atoms with E-state index in [2.05, 4.69) is 5.32 Å². The number of nitrogens with one attached hydrogen (secondary N) is 1. The minimum absolute atomic E-state index is 0.0984. The third-order valence-corrected chi connectivity index (χ3v) is 5.70. The largest absolute Gasteiger partial charge is 0.493 e. The van der Waals surface area contributed by atoms with E-state index in [1.54, 1.807) is 19.1 Å². The van der Waals surface area contributed by atoms with E-state index in [0.29, 0.717) is 37.6 Å². The molecule has 27 heavy (non-hydrogen) atoms. The highest BCUT2D eigenvalue weighted by atomic mass is 16.5. The van der Waals surface area contributed by atoms with E-state index >= 15 is 0 Å². The molecule has 2 aliphatic heterocycles. The number of ether oxygens (including phenoxy) is 2. The Hall–Kier alpha value is -2.28. The molecule has 2 amide bonds. The summed E-state index contributed by atoms with van der Waals surface area (Å²) in [6.45, 7) is 5.11. The molecule has 7 heteroatoms. The van der Waals surface area contributed by atoms with Gasteiger partial charge in [-0.15, -0.1) is 0 Å². The molecule has 2 heterocycles. The van der Waals surface area contributed by atoms with Gasteiger partial charge in [0.1, 0.15) is 0 Å². The first-order chi connectivity index (χ1) is 13.0. The van der Waals surface area contributed by atoms with Crippen molar-refractivity contribution in [1.29, 1.82) is 0 Å². The molecule has 148 valence electrons. The van der Waals surface area contributed by atoms with Gasteiger partial charge >= 0.3 is 0 Å². The van der Waals surface area contributed by atoms with Crippen molar-refractivity contribution in [3.8, 4) is 11.5 Å². The second-order valence-corrected chi connectivity index (χ2v) is 7.48. The van der Waals surface area contributed by atoms with Gasteiger partial charge in [-0.2, -0.15) is 0 Å². The van der Waals surface area contributed by atoms with E-state index in [1.165, 1.54) is 12.8 Å². The standard InChI is InChI=1S/C20H29N3O4/c1-26-17-6-5-16(13-18(17)27-2)7-8-21-19(24)14-22-9-12-23(15-20(22)25)10-3-4-11-23/h5-6,13H,3-4,7-12,14-15H2,1-2H3/p+1. The third kappa shape index (κ3) is 4.71. The lowest BCUT2D eigenvalue weighted by Gasteiger charge is -2.41. The summed E-state index contributed by atoms with van der Waals surface area (Å²) in [4.78, 5) is 26.4. The van der Waals surface area contributed by atoms with Crippen molar-refractivity contribution in [2.24, 2.45) is 0 Å². The van der Waals surface area contributed by atoms with Crippen LogP contribution in [0, 0.1) is 0 Å². The maximum atomic E-state index is 12.4. The number of carbonyl (C=O) groups excluding carboxylic acids is 2. The van der Waals surface area contributed by atoms with Gasteiger partial charge in [0.05, 0.1) is 46.9 Å². The van der Waals surface area contributed by atoms with E-state index in [0.717, 1.165) is 29.7 Å². The van der Waals surface area contributed by atoms with E-state index in [1.807, 2.05) is 18.2 Å². The van der Waals surface area contributed by atoms with Crippen LogP contribution in [0.4, 0.5) is 0 Å². The zero-order valence-corrected chi connectivity index (χ0v) is 16.3. The van der Waals surface area contributed by atoms with Crippen LogP contribution in [-0.2, 0) is 16.0 Å². The van der Waals surface area contributed by atoms with Crippen LogP contribution >= 0.6 is 0 Å². The Labute approximate surface area is 160 Å². The lowest BCUT2D eigenvalue weighted by Crippen LogP contribution is -2.61. The molecule has 0 bridgehead atoms. The lowest BCUT2D eigenvalue weighted by atomic mass is 10.1. The smallest absolute Gasteiger partial charge is 0.278 e. The zero-order chi connectivity index (χ0) is 19.3. The van der Waals surface area contributed by atoms with Crippen LogP contribution < -0.4 is 14.8 Å². The van der Waals surface area contributed by atoms with Gasteiger partial charge in [-0.3, -0.25) is 9.59 Å². The molecule has 0 unspecified atom stereocenters. The monoisotopic (exact) mass is 376 g/mol. The summed E-state index contributed by atoms with van der Waals surface area (Å²) < 4.78 is 11.5. The van der Waals surface area contributed by atoms with Gasteiger partial charge in [0.25, 0.3) is 5.91 Å². The van der Waals surface area contributed by atoms with Gasteiger partial charge < -0.3 is 24.2 Å². The maximum Gasteiger partial charge on any atom is 0.278 e. The van der Waals surface area contributed by atoms with Crippen LogP contribution in [0.25, 0.3) is 0 Å². The van der Waals surface area contributed by atoms with Gasteiger partial charge in [-0.05, 0) is 24.1 Å². The molecule has 0 atom stereocenters. The number of quaternary nitrogens is 1. The van der Waals surface area contributed by atoms with Crippen molar-refractivity contribution in [2.45, 2.75) is 19.3 Å². The summed E-state index contributed by atoms with van der Waals surface area (Å²) in [5.74, 6) is 1.38. The van der Waals surface area contributed by atoms with Gasteiger partial charge in [-0.1, -0.05) is 6.07 Å². The highest BCUT2D eigenvalue weighted by molar-refractivity contribution is 5.85. The zero-order valence-electron chi connectivity index (χ0n) is 16.3. The van der Waals surface area contributed by atoms with Crippen molar-refractivity contribution in [2.75, 3.05) is 60.0 Å². The van der Waals surface area contributed by atoms with Crippen LogP contribution in [0.5, 0.6) is 11.5 Å². The molecule has 1 aromatic rings. The molecule has 2 saturated heterocycles. The molecule has 2 aliphatic rings. The van der Waals surface area contributed by atoms with Gasteiger partial charge in [0.15, 0.2) is 18.0 Å². The summed E-state index contributed by atoms with van der Waals surface area (Å²) in [6.07, 6.45) is 3.12. The summed E-state index contributed by atoms with van der Waals surface area (Å²) in [5, 5.41) is 2.92. The number of piperazine rings is 1. The number of benzene rings is 1. The highest BCUT2D eigenvalue weighted by Gasteiger charge is 2.40. The van der Waals surface area contributed by atoms with E-state index in [9.17, 15) is 9.59 Å². The predicted molar refractivity (Wildman–Crippen MR) is 102 cm³/mol. The summed E-state index contributed by atoms with van der Waals surface area (Å²) >= 11 is 0. The summed E-state index contributed by atoms with van der Waals surface area (Å²) in [7, 11) is 3.21. The molecular formula is C20H30N3O4+. The SMILES string of the molecule is COc1ccc(CCNC(=O)CN2CC[N+]3(CCCC3)CC2=O)cc1OC. The topological polar surface area (TPSA) is 67.9 Å². The van der Waals surface area contributed by atoms with E-state index in [-0.39, 0.29) is 18.4 Å². The van der Waals surface area contributed by atoms with Gasteiger partial charge in [0.2, 0.25) is 5.91 Å². The summed E-state index contributed by atoms with van der Waals surface area (Å²) in [5.41, 5.74) is 1.06. The molecule has 0 aliphatic carbocycles. The number of methoxy groups -OCH3 is 2. The summed E-state index contributed by atoms with van der Waals surface area (Å²) in [6, 6.07) is 5.73. The van der Waals surface area contributed by atoms with Gasteiger partial charge in [-0.25, -0.2) is 0 Å². The minimum Gasteiger partial charge on any atom is -0.493 e. The van der Waals surface area contributed by atoms with Crippen molar-refractivity contribution in [3.05, 3.63) is 23.8 Å². The molecule has 2 fully saturated rings. The predicted octanol–water partition coefficient (Wildman–Crippen LogP) is 0.815. The molecule has 0 aromatic heterocycles. The molecule has 1 aromatic carbocycles. The lowest BCUT2D eigenvalue weighted by molar-refractivity contribution is -0.912. The molecule has 7 nitrogen and oxygen atoms in total. The fourth-order valence-electron chi connectivity index (χ4n) is 4.09. The number of amides is 2. The fourth-order valence-corrected chi connectivity index (χ4v) is 4.09. The van der Waals surface area contributed by atoms with Gasteiger partial charge in [0, 0.05) is 19.4 Å². The number of hydrogen-bond donors (Lipinski definition) is 1. The molecule has 0 radical (unpaired) electrons. The second-order valence-electron chi connectivity index (χ2n) is 7.48. The Morgan fingerprint density at radius 1 is 1.15 bits per heavy atom. The average Bonchev–Trinajstić information content (AvgIpc) is 3.12. The van der Waals surface area contributed by atoms with Crippen LogP contribution in [0.3, 0.4) is 0 Å². The first-order valence-corrected chi connectivity index (χ1v) is 9.66. The number of carbonyl (C=O) groups is 2. The average molecular weight is 376 g/mol. The van der Waals surface area contributed by atoms with E-state index < -0.39 is 0 Å². The number of hydrogen-bond acceptors (Lipinski definition) is 4. The maximum absolute atomic E-state index is 12.4. The first kappa shape index (κ1) is 19.5. The number of rotatable bonds is 7.